The van der Waals surface area contributed by atoms with Gasteiger partial charge in [0.2, 0.25) is 5.76 Å². The van der Waals surface area contributed by atoms with Gasteiger partial charge in [-0.1, -0.05) is 59.9 Å². The third-order valence-electron chi connectivity index (χ3n) is 5.87. The van der Waals surface area contributed by atoms with Gasteiger partial charge in [-0.2, -0.15) is 0 Å². The Hall–Kier alpha value is -4.47. The minimum absolute atomic E-state index is 0.00495. The molecule has 3 heterocycles. The number of fused-ring (bicyclic) bond motifs is 1. The van der Waals surface area contributed by atoms with E-state index in [0.29, 0.717) is 25.6 Å². The van der Waals surface area contributed by atoms with Gasteiger partial charge in [0.05, 0.1) is 28.1 Å². The van der Waals surface area contributed by atoms with Crippen LogP contribution in [0.4, 0.5) is 0 Å². The number of hydrogen-bond acceptors (Lipinski definition) is 8. The van der Waals surface area contributed by atoms with Crippen LogP contribution in [0.2, 0.25) is 5.02 Å². The maximum absolute atomic E-state index is 13.7. The summed E-state index contributed by atoms with van der Waals surface area (Å²) in [4.78, 5) is 44.1. The number of benzene rings is 2. The first kappa shape index (κ1) is 26.1. The number of carbonyl (C=O) groups is 2. The zero-order chi connectivity index (χ0) is 27.5. The normalized spacial score (nSPS) is 14.9. The Bertz CT molecular complexity index is 1760. The van der Waals surface area contributed by atoms with Crippen LogP contribution < -0.4 is 19.6 Å². The lowest BCUT2D eigenvalue weighted by atomic mass is 9.96. The second-order valence-electron chi connectivity index (χ2n) is 8.46. The molecule has 2 aromatic carbocycles. The van der Waals surface area contributed by atoms with Crippen molar-refractivity contribution in [3.63, 3.8) is 0 Å². The fourth-order valence-electron chi connectivity index (χ4n) is 4.09. The lowest BCUT2D eigenvalue weighted by Crippen LogP contribution is -2.39. The number of carbonyl (C=O) groups excluding carboxylic acids is 2. The van der Waals surface area contributed by atoms with Crippen molar-refractivity contribution in [3.05, 3.63) is 132 Å². The Labute approximate surface area is 231 Å². The molecule has 5 rings (SSSR count). The van der Waals surface area contributed by atoms with Crippen LogP contribution in [0.3, 0.4) is 0 Å². The standard InChI is InChI=1S/C29H21ClN2O6S/c1-3-14-37-28(35)24-17(2)31-29-32(26(33)23(39-29)16-18-6-10-20(30)11-7-18)25(24)19-8-12-21(13-9-19)38-27(34)22-5-4-15-36-22/h3-13,15-16,25H,1,14H2,2H3/b23-16+/t25-/m1/s1. The lowest BCUT2D eigenvalue weighted by molar-refractivity contribution is -0.138. The summed E-state index contributed by atoms with van der Waals surface area (Å²) in [6, 6.07) is 15.9. The van der Waals surface area contributed by atoms with Gasteiger partial charge in [0, 0.05) is 5.02 Å². The second-order valence-corrected chi connectivity index (χ2v) is 9.90. The van der Waals surface area contributed by atoms with Crippen molar-refractivity contribution in [2.75, 3.05) is 6.61 Å². The minimum Gasteiger partial charge on any atom is -0.458 e. The van der Waals surface area contributed by atoms with Crippen LogP contribution >= 0.6 is 22.9 Å². The van der Waals surface area contributed by atoms with Gasteiger partial charge < -0.3 is 13.9 Å². The number of ether oxygens (including phenoxy) is 2. The second kappa shape index (κ2) is 11.1. The number of thiazole rings is 1. The maximum Gasteiger partial charge on any atom is 0.379 e. The van der Waals surface area contributed by atoms with E-state index >= 15 is 0 Å². The summed E-state index contributed by atoms with van der Waals surface area (Å²) in [7, 11) is 0. The van der Waals surface area contributed by atoms with E-state index in [4.69, 9.17) is 25.5 Å². The van der Waals surface area contributed by atoms with Crippen molar-refractivity contribution in [1.29, 1.82) is 0 Å². The van der Waals surface area contributed by atoms with Crippen LogP contribution in [0.15, 0.2) is 105 Å². The zero-order valence-corrected chi connectivity index (χ0v) is 22.2. The first-order valence-corrected chi connectivity index (χ1v) is 13.0. The zero-order valence-electron chi connectivity index (χ0n) is 20.6. The molecule has 1 aliphatic heterocycles. The highest BCUT2D eigenvalue weighted by molar-refractivity contribution is 7.07. The quantitative estimate of drug-likeness (QED) is 0.188. The van der Waals surface area contributed by atoms with Crippen molar-refractivity contribution in [3.8, 4) is 5.75 Å². The molecule has 1 atom stereocenters. The highest BCUT2D eigenvalue weighted by Crippen LogP contribution is 2.31. The molecular weight excluding hydrogens is 540 g/mol. The molecule has 1 aliphatic rings. The van der Waals surface area contributed by atoms with Crippen molar-refractivity contribution in [2.24, 2.45) is 4.99 Å². The summed E-state index contributed by atoms with van der Waals surface area (Å²) in [5.74, 6) is -0.918. The Balaban J connectivity index is 1.58. The Morgan fingerprint density at radius 2 is 1.87 bits per heavy atom. The van der Waals surface area contributed by atoms with E-state index in [2.05, 4.69) is 11.6 Å². The monoisotopic (exact) mass is 560 g/mol. The van der Waals surface area contributed by atoms with Crippen molar-refractivity contribution < 1.29 is 23.5 Å². The summed E-state index contributed by atoms with van der Waals surface area (Å²) in [6.07, 6.45) is 4.60. The first-order chi connectivity index (χ1) is 18.9. The molecule has 0 unspecified atom stereocenters. The van der Waals surface area contributed by atoms with Gasteiger partial charge in [-0.25, -0.2) is 14.6 Å². The molecule has 0 N–H and O–H groups in total. The molecule has 0 fully saturated rings. The number of aromatic nitrogens is 1. The fourth-order valence-corrected chi connectivity index (χ4v) is 5.26. The predicted molar refractivity (Wildman–Crippen MR) is 146 cm³/mol. The average molecular weight is 561 g/mol. The molecule has 2 aromatic heterocycles. The Kier molecular flexibility index (Phi) is 7.44. The number of hydrogen-bond donors (Lipinski definition) is 0. The van der Waals surface area contributed by atoms with Crippen LogP contribution in [0.1, 0.15) is 34.6 Å². The summed E-state index contributed by atoms with van der Waals surface area (Å²) in [6.45, 7) is 5.30. The number of furan rings is 1. The first-order valence-electron chi connectivity index (χ1n) is 11.8. The largest absolute Gasteiger partial charge is 0.458 e. The van der Waals surface area contributed by atoms with Gasteiger partial charge in [0.15, 0.2) is 4.80 Å². The molecule has 0 radical (unpaired) electrons. The molecule has 0 amide bonds. The topological polar surface area (TPSA) is 100 Å². The third kappa shape index (κ3) is 5.41. The van der Waals surface area contributed by atoms with Gasteiger partial charge in [-0.15, -0.1) is 0 Å². The molecule has 0 saturated carbocycles. The molecular formula is C29H21ClN2O6S. The van der Waals surface area contributed by atoms with E-state index in [-0.39, 0.29) is 29.2 Å². The Morgan fingerprint density at radius 1 is 1.13 bits per heavy atom. The highest BCUT2D eigenvalue weighted by Gasteiger charge is 2.33. The molecule has 196 valence electrons. The molecule has 0 saturated heterocycles. The molecule has 0 spiro atoms. The van der Waals surface area contributed by atoms with Gasteiger partial charge in [-0.05, 0) is 60.5 Å². The number of halogens is 1. The van der Waals surface area contributed by atoms with E-state index in [0.717, 1.165) is 5.56 Å². The van der Waals surface area contributed by atoms with Gasteiger partial charge in [-0.3, -0.25) is 9.36 Å². The predicted octanol–water partition coefficient (Wildman–Crippen LogP) is 4.43. The minimum atomic E-state index is -0.819. The SMILES string of the molecule is C=CCOC(=O)C1=C(C)N=c2s/c(=C/c3ccc(Cl)cc3)c(=O)n2[C@@H]1c1ccc(OC(=O)c2ccco2)cc1. The number of nitrogens with zero attached hydrogens (tertiary/aromatic N) is 2. The van der Waals surface area contributed by atoms with E-state index < -0.39 is 18.0 Å². The number of esters is 2. The van der Waals surface area contributed by atoms with Crippen LogP contribution in [-0.2, 0) is 9.53 Å². The van der Waals surface area contributed by atoms with E-state index in [1.807, 2.05) is 12.1 Å². The summed E-state index contributed by atoms with van der Waals surface area (Å²) in [5, 5.41) is 0.588. The van der Waals surface area contributed by atoms with Crippen molar-refractivity contribution in [2.45, 2.75) is 13.0 Å². The number of rotatable bonds is 7. The molecule has 4 aromatic rings. The van der Waals surface area contributed by atoms with Crippen LogP contribution in [-0.4, -0.2) is 23.1 Å². The average Bonchev–Trinajstić information content (AvgIpc) is 3.57. The Morgan fingerprint density at radius 3 is 2.54 bits per heavy atom. The van der Waals surface area contributed by atoms with E-state index in [1.165, 1.54) is 34.3 Å². The van der Waals surface area contributed by atoms with E-state index in [9.17, 15) is 14.4 Å². The van der Waals surface area contributed by atoms with Crippen LogP contribution in [0, 0.1) is 0 Å². The van der Waals surface area contributed by atoms with Gasteiger partial charge in [0.1, 0.15) is 12.4 Å². The summed E-state index contributed by atoms with van der Waals surface area (Å²) < 4.78 is 17.7. The lowest BCUT2D eigenvalue weighted by Gasteiger charge is -2.24. The molecule has 10 heteroatoms. The van der Waals surface area contributed by atoms with Gasteiger partial charge in [0.25, 0.3) is 5.56 Å². The van der Waals surface area contributed by atoms with E-state index in [1.54, 1.807) is 55.5 Å². The molecule has 0 aliphatic carbocycles. The highest BCUT2D eigenvalue weighted by atomic mass is 35.5. The van der Waals surface area contributed by atoms with Crippen LogP contribution in [0.25, 0.3) is 6.08 Å². The fraction of sp³-hybridized carbons (Fsp3) is 0.103. The smallest absolute Gasteiger partial charge is 0.379 e. The van der Waals surface area contributed by atoms with Crippen molar-refractivity contribution in [1.82, 2.24) is 4.57 Å². The summed E-state index contributed by atoms with van der Waals surface area (Å²) in [5.41, 5.74) is 1.75. The number of allylic oxidation sites excluding steroid dienone is 1. The molecule has 39 heavy (non-hydrogen) atoms. The third-order valence-corrected chi connectivity index (χ3v) is 7.11. The maximum atomic E-state index is 13.7. The van der Waals surface area contributed by atoms with Crippen molar-refractivity contribution >= 4 is 41.0 Å². The van der Waals surface area contributed by atoms with Gasteiger partial charge >= 0.3 is 11.9 Å². The molecule has 0 bridgehead atoms. The molecule has 8 nitrogen and oxygen atoms in total. The van der Waals surface area contributed by atoms with Crippen LogP contribution in [0.5, 0.6) is 5.75 Å². The summed E-state index contributed by atoms with van der Waals surface area (Å²) >= 11 is 7.22.